The largest absolute Gasteiger partial charge is 0.326 e. The maximum Gasteiger partial charge on any atom is 0.254 e. The summed E-state index contributed by atoms with van der Waals surface area (Å²) in [5, 5.41) is 2.49. The van der Waals surface area contributed by atoms with E-state index < -0.39 is 17.4 Å². The van der Waals surface area contributed by atoms with Gasteiger partial charge in [0.25, 0.3) is 5.91 Å². The summed E-state index contributed by atoms with van der Waals surface area (Å²) in [5.41, 5.74) is 0.862. The maximum atomic E-state index is 14.4. The Morgan fingerprint density at radius 2 is 2.00 bits per heavy atom. The fourth-order valence-electron chi connectivity index (χ4n) is 4.09. The lowest BCUT2D eigenvalue weighted by Gasteiger charge is -2.39. The van der Waals surface area contributed by atoms with Crippen LogP contribution in [0, 0.1) is 5.82 Å². The van der Waals surface area contributed by atoms with Gasteiger partial charge in [-0.1, -0.05) is 12.1 Å². The third-order valence-corrected chi connectivity index (χ3v) is 5.93. The summed E-state index contributed by atoms with van der Waals surface area (Å²) in [6.45, 7) is -0.134. The minimum Gasteiger partial charge on any atom is -0.326 e. The molecule has 0 atom stereocenters. The highest BCUT2D eigenvalue weighted by Crippen LogP contribution is 2.52. The molecule has 2 saturated carbocycles. The van der Waals surface area contributed by atoms with Crippen molar-refractivity contribution in [2.75, 3.05) is 11.9 Å². The number of benzene rings is 1. The van der Waals surface area contributed by atoms with Crippen LogP contribution in [0.25, 0.3) is 0 Å². The molecule has 8 heteroatoms. The number of carbonyl (C=O) groups is 2. The first-order chi connectivity index (χ1) is 13.4. The van der Waals surface area contributed by atoms with E-state index in [2.05, 4.69) is 15.3 Å². The van der Waals surface area contributed by atoms with E-state index in [4.69, 9.17) is 0 Å². The van der Waals surface area contributed by atoms with Gasteiger partial charge in [0.15, 0.2) is 5.82 Å². The van der Waals surface area contributed by atoms with Crippen molar-refractivity contribution in [3.05, 3.63) is 53.1 Å². The minimum atomic E-state index is -1.23. The molecule has 146 valence electrons. The zero-order chi connectivity index (χ0) is 19.5. The van der Waals surface area contributed by atoms with Crippen molar-refractivity contribution in [3.63, 3.8) is 0 Å². The van der Waals surface area contributed by atoms with Crippen molar-refractivity contribution in [1.29, 1.82) is 0 Å². The molecule has 28 heavy (non-hydrogen) atoms. The summed E-state index contributed by atoms with van der Waals surface area (Å²) >= 11 is 0. The Bertz CT molecular complexity index is 975. The molecule has 0 saturated heterocycles. The Labute approximate surface area is 161 Å². The van der Waals surface area contributed by atoms with E-state index in [1.807, 2.05) is 6.07 Å². The predicted molar refractivity (Wildman–Crippen MR) is 98.0 cm³/mol. The van der Waals surface area contributed by atoms with Gasteiger partial charge in [-0.15, -0.1) is 0 Å². The lowest BCUT2D eigenvalue weighted by molar-refractivity contribution is -0.117. The highest BCUT2D eigenvalue weighted by atomic mass is 19.1. The van der Waals surface area contributed by atoms with E-state index in [1.165, 1.54) is 0 Å². The predicted octanol–water partition coefficient (Wildman–Crippen LogP) is 3.16. The average molecular weight is 386 g/mol. The number of amides is 2. The zero-order valence-corrected chi connectivity index (χ0v) is 15.0. The van der Waals surface area contributed by atoms with Crippen LogP contribution in [0.1, 0.15) is 54.5 Å². The number of anilines is 1. The second-order valence-corrected chi connectivity index (χ2v) is 7.80. The quantitative estimate of drug-likeness (QED) is 0.876. The molecule has 2 aromatic rings. The van der Waals surface area contributed by atoms with Crippen molar-refractivity contribution in [1.82, 2.24) is 14.9 Å². The normalized spacial score (nSPS) is 24.1. The summed E-state index contributed by atoms with van der Waals surface area (Å²) in [4.78, 5) is 34.4. The van der Waals surface area contributed by atoms with Crippen LogP contribution in [-0.2, 0) is 10.5 Å². The SMILES string of the molecule is O=C(CN1C(=O)c2ccc(C3(F)CC3)cc2C2CC1C2)Nc1ncc(F)cn1.[HH]. The Morgan fingerprint density at radius 3 is 2.68 bits per heavy atom. The van der Waals surface area contributed by atoms with Gasteiger partial charge in [-0.2, -0.15) is 0 Å². The number of alkyl halides is 1. The van der Waals surface area contributed by atoms with Crippen LogP contribution in [0.4, 0.5) is 14.7 Å². The molecule has 3 heterocycles. The first kappa shape index (κ1) is 17.2. The molecule has 1 aromatic carbocycles. The molecule has 6 nitrogen and oxygen atoms in total. The third kappa shape index (κ3) is 2.83. The summed E-state index contributed by atoms with van der Waals surface area (Å²) in [7, 11) is 0. The van der Waals surface area contributed by atoms with Crippen LogP contribution in [0.2, 0.25) is 0 Å². The number of fused-ring (bicyclic) bond motifs is 1. The van der Waals surface area contributed by atoms with Crippen LogP contribution in [0.3, 0.4) is 0 Å². The molecule has 2 amide bonds. The molecule has 2 aliphatic heterocycles. The smallest absolute Gasteiger partial charge is 0.254 e. The number of halogens is 2. The monoisotopic (exact) mass is 386 g/mol. The molecule has 2 bridgehead atoms. The molecule has 1 N–H and O–H groups in total. The Balaban J connectivity index is 0.00000205. The Kier molecular flexibility index (Phi) is 3.72. The molecule has 0 spiro atoms. The van der Waals surface area contributed by atoms with Crippen LogP contribution < -0.4 is 5.32 Å². The molecule has 2 fully saturated rings. The van der Waals surface area contributed by atoms with Gasteiger partial charge in [0.05, 0.1) is 12.4 Å². The van der Waals surface area contributed by atoms with E-state index in [0.29, 0.717) is 24.0 Å². The highest BCUT2D eigenvalue weighted by molar-refractivity contribution is 6.01. The number of hydrogen-bond donors (Lipinski definition) is 1. The van der Waals surface area contributed by atoms with Crippen LogP contribution in [0.5, 0.6) is 0 Å². The first-order valence-corrected chi connectivity index (χ1v) is 9.35. The minimum absolute atomic E-state index is 0. The van der Waals surface area contributed by atoms with E-state index in [9.17, 15) is 18.4 Å². The zero-order valence-electron chi connectivity index (χ0n) is 15.0. The number of rotatable bonds is 4. The fourth-order valence-corrected chi connectivity index (χ4v) is 4.09. The van der Waals surface area contributed by atoms with Crippen molar-refractivity contribution >= 4 is 17.8 Å². The van der Waals surface area contributed by atoms with Crippen molar-refractivity contribution in [2.24, 2.45) is 0 Å². The Morgan fingerprint density at radius 1 is 1.29 bits per heavy atom. The summed E-state index contributed by atoms with van der Waals surface area (Å²) in [6, 6.07) is 5.21. The third-order valence-electron chi connectivity index (χ3n) is 5.93. The van der Waals surface area contributed by atoms with Crippen LogP contribution >= 0.6 is 0 Å². The molecule has 0 radical (unpaired) electrons. The number of aromatic nitrogens is 2. The van der Waals surface area contributed by atoms with E-state index >= 15 is 0 Å². The second kappa shape index (κ2) is 6.05. The van der Waals surface area contributed by atoms with Gasteiger partial charge in [0, 0.05) is 13.0 Å². The summed E-state index contributed by atoms with van der Waals surface area (Å²) in [5.74, 6) is -1.05. The first-order valence-electron chi connectivity index (χ1n) is 9.35. The highest BCUT2D eigenvalue weighted by Gasteiger charge is 2.47. The molecular formula is C20H20F2N4O2. The summed E-state index contributed by atoms with van der Waals surface area (Å²) < 4.78 is 27.3. The van der Waals surface area contributed by atoms with Crippen molar-refractivity contribution < 1.29 is 19.8 Å². The number of hydrogen-bond acceptors (Lipinski definition) is 4. The van der Waals surface area contributed by atoms with Crippen LogP contribution in [0.15, 0.2) is 30.6 Å². The number of nitrogens with one attached hydrogen (secondary N) is 1. The van der Waals surface area contributed by atoms with Gasteiger partial charge in [-0.25, -0.2) is 18.7 Å². The molecule has 0 unspecified atom stereocenters. The Hall–Kier alpha value is -2.90. The lowest BCUT2D eigenvalue weighted by atomic mass is 9.75. The van der Waals surface area contributed by atoms with E-state index in [0.717, 1.165) is 30.8 Å². The molecule has 1 aromatic heterocycles. The number of nitrogens with zero attached hydrogens (tertiary/aromatic N) is 3. The van der Waals surface area contributed by atoms with Crippen LogP contribution in [-0.4, -0.2) is 39.3 Å². The van der Waals surface area contributed by atoms with Crippen molar-refractivity contribution in [2.45, 2.75) is 43.3 Å². The van der Waals surface area contributed by atoms with Gasteiger partial charge in [0.2, 0.25) is 11.9 Å². The van der Waals surface area contributed by atoms with E-state index in [-0.39, 0.29) is 31.8 Å². The summed E-state index contributed by atoms with van der Waals surface area (Å²) in [6.07, 6.45) is 4.52. The second-order valence-electron chi connectivity index (χ2n) is 7.80. The van der Waals surface area contributed by atoms with Gasteiger partial charge < -0.3 is 4.90 Å². The maximum absolute atomic E-state index is 14.4. The molecule has 6 rings (SSSR count). The lowest BCUT2D eigenvalue weighted by Crippen LogP contribution is -2.47. The molecule has 4 aliphatic rings. The van der Waals surface area contributed by atoms with Gasteiger partial charge in [0.1, 0.15) is 12.2 Å². The average Bonchev–Trinajstić information content (AvgIpc) is 3.41. The fraction of sp³-hybridized carbons (Fsp3) is 0.400. The standard InChI is InChI=1S/C20H18F2N4O2.H2/c21-13-8-23-19(24-9-13)25-17(27)10-26-14-5-11(6-14)16-7-12(20(22)3-4-20)1-2-15(16)18(26)28;/h1-2,7-9,11,14H,3-6,10H2,(H,23,24,25,27);1H. The number of carbonyl (C=O) groups excluding carboxylic acids is 2. The van der Waals surface area contributed by atoms with Gasteiger partial charge in [-0.05, 0) is 48.8 Å². The molecular weight excluding hydrogens is 366 g/mol. The van der Waals surface area contributed by atoms with E-state index in [1.54, 1.807) is 17.0 Å². The topological polar surface area (TPSA) is 75.2 Å². The van der Waals surface area contributed by atoms with Gasteiger partial charge >= 0.3 is 0 Å². The molecule has 2 aliphatic carbocycles. The van der Waals surface area contributed by atoms with Gasteiger partial charge in [-0.3, -0.25) is 14.9 Å². The van der Waals surface area contributed by atoms with Crippen molar-refractivity contribution in [3.8, 4) is 0 Å².